The second kappa shape index (κ2) is 19.6. The number of rotatable bonds is 10. The van der Waals surface area contributed by atoms with E-state index in [1.807, 2.05) is 32.7 Å². The molecule has 0 aromatic rings. The van der Waals surface area contributed by atoms with E-state index in [2.05, 4.69) is 24.9 Å². The number of ether oxygens (including phenoxy) is 4. The van der Waals surface area contributed by atoms with Crippen LogP contribution in [0.25, 0.3) is 0 Å². The number of hydrogen-bond donors (Lipinski definition) is 3. The summed E-state index contributed by atoms with van der Waals surface area (Å²) in [5.74, 6) is -1.02. The van der Waals surface area contributed by atoms with Crippen molar-refractivity contribution >= 4 is 17.5 Å². The molecule has 0 amide bonds. The number of ketones is 1. The van der Waals surface area contributed by atoms with E-state index in [1.165, 1.54) is 21.0 Å². The fraction of sp³-hybridized carbons (Fsp3) is 0.875. The van der Waals surface area contributed by atoms with Gasteiger partial charge in [0.1, 0.15) is 35.6 Å². The van der Waals surface area contributed by atoms with Crippen molar-refractivity contribution in [3.8, 4) is 12.3 Å². The number of carbonyl (C=O) groups excluding carboxylic acids is 2. The minimum Gasteiger partial charge on any atom is -0.459 e. The third-order valence-corrected chi connectivity index (χ3v) is 12.2. The van der Waals surface area contributed by atoms with Crippen molar-refractivity contribution in [2.75, 3.05) is 34.8 Å². The summed E-state index contributed by atoms with van der Waals surface area (Å²) < 4.78 is 24.8. The molecule has 12 atom stereocenters. The highest BCUT2D eigenvalue weighted by Gasteiger charge is 2.50. The SMILES string of the molecule is C#CCCN(C)[C@H]1C[C@@H](C)O[C@@H](O[C@@H]2CC(=O)[C@@H](C)C(=O)O[C@H](CC)[C@@](C)(O)[C@H](O)[C@@H](C)/C(=N/O[C@H]3CC[C@@H](N(C)C)CC3)[C@H](C)C[C@@]2(C)OC)[C@@H]1O. The van der Waals surface area contributed by atoms with Gasteiger partial charge in [-0.3, -0.25) is 14.5 Å². The summed E-state index contributed by atoms with van der Waals surface area (Å²) in [4.78, 5) is 37.8. The standard InChI is InChI=1S/C40H69N3O10/c1-13-15-20-43(11)30-21-25(4)50-38(35(30)45)52-33-22-31(44)26(5)37(47)51-32(14-2)40(8,48)36(46)27(6)34(24(3)23-39(33,7)49-12)41-53-29-18-16-28(17-19-29)42(9)10/h1,24-30,32-33,35-36,38,45-46,48H,14-23H2,2-12H3/b41-34+/t24-,25-,26-,27+,28-,29+,30+,32-,33-,35-,36-,38+,39-,40-/m1/s1. The van der Waals surface area contributed by atoms with Crippen molar-refractivity contribution in [3.63, 3.8) is 0 Å². The fourth-order valence-electron chi connectivity index (χ4n) is 8.25. The molecule has 0 aromatic carbocycles. The van der Waals surface area contributed by atoms with Gasteiger partial charge < -0.3 is 44.0 Å². The molecule has 3 aliphatic rings. The highest BCUT2D eigenvalue weighted by Crippen LogP contribution is 2.37. The average Bonchev–Trinajstić information content (AvgIpc) is 3.12. The lowest BCUT2D eigenvalue weighted by Crippen LogP contribution is -2.58. The number of esters is 1. The first kappa shape index (κ1) is 45.2. The monoisotopic (exact) mass is 751 g/mol. The molecule has 3 N–H and O–H groups in total. The van der Waals surface area contributed by atoms with Gasteiger partial charge in [0.05, 0.1) is 29.6 Å². The first-order valence-electron chi connectivity index (χ1n) is 19.5. The molecular weight excluding hydrogens is 682 g/mol. The van der Waals surface area contributed by atoms with Crippen molar-refractivity contribution in [2.24, 2.45) is 22.9 Å². The second-order valence-electron chi connectivity index (χ2n) is 16.5. The molecule has 2 aliphatic heterocycles. The van der Waals surface area contributed by atoms with Crippen LogP contribution in [0.15, 0.2) is 5.16 Å². The Morgan fingerprint density at radius 1 is 1.06 bits per heavy atom. The van der Waals surface area contributed by atoms with Gasteiger partial charge in [0.25, 0.3) is 0 Å². The van der Waals surface area contributed by atoms with Crippen molar-refractivity contribution < 1.29 is 48.7 Å². The number of nitrogens with zero attached hydrogens (tertiary/aromatic N) is 3. The van der Waals surface area contributed by atoms with Gasteiger partial charge in [-0.05, 0) is 93.8 Å². The Kier molecular flexibility index (Phi) is 16.8. The number of oxime groups is 1. The van der Waals surface area contributed by atoms with E-state index in [4.69, 9.17) is 35.4 Å². The Balaban J connectivity index is 2.06. The van der Waals surface area contributed by atoms with Gasteiger partial charge in [-0.1, -0.05) is 25.9 Å². The summed E-state index contributed by atoms with van der Waals surface area (Å²) in [5, 5.41) is 39.9. The van der Waals surface area contributed by atoms with Crippen molar-refractivity contribution in [3.05, 3.63) is 0 Å². The molecule has 53 heavy (non-hydrogen) atoms. The molecule has 2 heterocycles. The summed E-state index contributed by atoms with van der Waals surface area (Å²) in [6, 6.07) is 0.149. The van der Waals surface area contributed by atoms with Crippen LogP contribution >= 0.6 is 0 Å². The Morgan fingerprint density at radius 3 is 2.26 bits per heavy atom. The van der Waals surface area contributed by atoms with Gasteiger partial charge in [-0.25, -0.2) is 0 Å². The molecule has 1 aliphatic carbocycles. The molecule has 13 nitrogen and oxygen atoms in total. The van der Waals surface area contributed by atoms with Crippen LogP contribution in [0.1, 0.15) is 106 Å². The zero-order chi connectivity index (χ0) is 39.8. The maximum absolute atomic E-state index is 13.9. The van der Waals surface area contributed by atoms with Crippen LogP contribution in [0.2, 0.25) is 0 Å². The maximum atomic E-state index is 13.9. The summed E-state index contributed by atoms with van der Waals surface area (Å²) in [6.07, 6.45) is 4.24. The van der Waals surface area contributed by atoms with Crippen LogP contribution in [0.4, 0.5) is 0 Å². The van der Waals surface area contributed by atoms with Crippen LogP contribution in [0.3, 0.4) is 0 Å². The molecular formula is C40H69N3O10. The maximum Gasteiger partial charge on any atom is 0.316 e. The smallest absolute Gasteiger partial charge is 0.316 e. The van der Waals surface area contributed by atoms with Crippen LogP contribution in [-0.2, 0) is 33.4 Å². The largest absolute Gasteiger partial charge is 0.459 e. The second-order valence-corrected chi connectivity index (χ2v) is 16.5. The van der Waals surface area contributed by atoms with E-state index in [9.17, 15) is 24.9 Å². The summed E-state index contributed by atoms with van der Waals surface area (Å²) in [5.41, 5.74) is -2.59. The normalized spacial score (nSPS) is 41.9. The zero-order valence-corrected chi connectivity index (χ0v) is 34.1. The van der Waals surface area contributed by atoms with Gasteiger partial charge in [0, 0.05) is 50.4 Å². The first-order chi connectivity index (χ1) is 24.8. The minimum absolute atomic E-state index is 0.115. The Labute approximate surface area is 318 Å². The van der Waals surface area contributed by atoms with Gasteiger partial charge in [0.2, 0.25) is 0 Å². The molecule has 0 aromatic heterocycles. The molecule has 1 saturated carbocycles. The number of methoxy groups -OCH3 is 1. The fourth-order valence-corrected chi connectivity index (χ4v) is 8.25. The molecule has 0 radical (unpaired) electrons. The number of cyclic esters (lactones) is 1. The van der Waals surface area contributed by atoms with Gasteiger partial charge >= 0.3 is 5.97 Å². The average molecular weight is 752 g/mol. The highest BCUT2D eigenvalue weighted by atomic mass is 16.7. The quantitative estimate of drug-likeness (QED) is 0.129. The van der Waals surface area contributed by atoms with Crippen LogP contribution in [-0.4, -0.2) is 144 Å². The first-order valence-corrected chi connectivity index (χ1v) is 19.5. The Hall–Kier alpha value is -2.15. The number of likely N-dealkylation sites (N-methyl/N-ethyl adjacent to an activating group) is 1. The van der Waals surface area contributed by atoms with Gasteiger partial charge in [-0.2, -0.15) is 0 Å². The number of Topliss-reactive ketones (excluding diaryl/α,β-unsaturated/α-hetero) is 1. The summed E-state index contributed by atoms with van der Waals surface area (Å²) in [6.45, 7) is 12.6. The van der Waals surface area contributed by atoms with E-state index < -0.39 is 71.4 Å². The van der Waals surface area contributed by atoms with Crippen molar-refractivity contribution in [1.82, 2.24) is 9.80 Å². The van der Waals surface area contributed by atoms with Gasteiger partial charge in [-0.15, -0.1) is 12.3 Å². The summed E-state index contributed by atoms with van der Waals surface area (Å²) >= 11 is 0. The highest BCUT2D eigenvalue weighted by molar-refractivity contribution is 5.99. The number of terminal acetylenes is 1. The molecule has 3 fully saturated rings. The lowest BCUT2D eigenvalue weighted by atomic mass is 9.75. The Morgan fingerprint density at radius 2 is 1.70 bits per heavy atom. The van der Waals surface area contributed by atoms with E-state index in [0.29, 0.717) is 31.1 Å². The zero-order valence-electron chi connectivity index (χ0n) is 34.1. The van der Waals surface area contributed by atoms with Crippen LogP contribution in [0.5, 0.6) is 0 Å². The minimum atomic E-state index is -1.88. The van der Waals surface area contributed by atoms with Crippen molar-refractivity contribution in [1.29, 1.82) is 0 Å². The summed E-state index contributed by atoms with van der Waals surface area (Å²) in [7, 11) is 7.58. The number of aliphatic hydroxyl groups excluding tert-OH is 2. The van der Waals surface area contributed by atoms with Crippen LogP contribution in [0, 0.1) is 30.1 Å². The number of carbonyl (C=O) groups is 2. The molecule has 3 rings (SSSR count). The van der Waals surface area contributed by atoms with E-state index in [1.54, 1.807) is 13.8 Å². The van der Waals surface area contributed by atoms with E-state index in [0.717, 1.165) is 25.7 Å². The van der Waals surface area contributed by atoms with E-state index in [-0.39, 0.29) is 37.5 Å². The lowest BCUT2D eigenvalue weighted by Gasteiger charge is -2.46. The Bertz CT molecular complexity index is 1260. The molecule has 0 spiro atoms. The number of aliphatic hydroxyl groups is 3. The van der Waals surface area contributed by atoms with E-state index >= 15 is 0 Å². The molecule has 0 bridgehead atoms. The predicted molar refractivity (Wildman–Crippen MR) is 202 cm³/mol. The molecule has 2 saturated heterocycles. The third-order valence-electron chi connectivity index (χ3n) is 12.2. The topological polar surface area (TPSA) is 160 Å². The lowest BCUT2D eigenvalue weighted by molar-refractivity contribution is -0.290. The number of hydrogen-bond acceptors (Lipinski definition) is 13. The third kappa shape index (κ3) is 11.2. The van der Waals surface area contributed by atoms with Crippen LogP contribution < -0.4 is 0 Å². The predicted octanol–water partition coefficient (Wildman–Crippen LogP) is 3.55. The molecule has 13 heteroatoms. The van der Waals surface area contributed by atoms with Gasteiger partial charge in [0.15, 0.2) is 6.29 Å². The van der Waals surface area contributed by atoms with Crippen molar-refractivity contribution in [2.45, 2.75) is 172 Å². The molecule has 304 valence electrons. The molecule has 0 unspecified atom stereocenters.